The lowest BCUT2D eigenvalue weighted by Gasteiger charge is -2.17. The second-order valence-corrected chi connectivity index (χ2v) is 6.21. The number of benzene rings is 1. The zero-order valence-electron chi connectivity index (χ0n) is 15.7. The molecule has 1 aliphatic rings. The highest BCUT2D eigenvalue weighted by Crippen LogP contribution is 2.15. The molecule has 0 spiro atoms. The molecule has 2 aromatic rings. The van der Waals surface area contributed by atoms with Crippen molar-refractivity contribution in [3.8, 4) is 0 Å². The minimum atomic E-state index is -0.697. The highest BCUT2D eigenvalue weighted by atomic mass is 35.5. The highest BCUT2D eigenvalue weighted by molar-refractivity contribution is 6.29. The molecule has 1 fully saturated rings. The van der Waals surface area contributed by atoms with Crippen molar-refractivity contribution in [3.05, 3.63) is 69.5 Å². The van der Waals surface area contributed by atoms with Crippen molar-refractivity contribution < 1.29 is 5.03 Å². The number of nitrogens with one attached hydrogen (secondary N) is 1. The lowest BCUT2D eigenvalue weighted by molar-refractivity contribution is -0.486. The Hall–Kier alpha value is -3.04. The first-order valence-electron chi connectivity index (χ1n) is 8.56. The van der Waals surface area contributed by atoms with Gasteiger partial charge in [0.05, 0.1) is 12.0 Å². The van der Waals surface area contributed by atoms with Crippen LogP contribution < -0.4 is 5.32 Å². The third kappa shape index (κ3) is 6.60. The Bertz CT molecular complexity index is 812. The summed E-state index contributed by atoms with van der Waals surface area (Å²) in [5.74, 6) is 0.250. The van der Waals surface area contributed by atoms with Crippen molar-refractivity contribution in [1.29, 1.82) is 0 Å². The lowest BCUT2D eigenvalue weighted by Crippen LogP contribution is -2.33. The van der Waals surface area contributed by atoms with Crippen molar-refractivity contribution in [2.75, 3.05) is 27.2 Å². The molecule has 1 N–H and O–H groups in total. The van der Waals surface area contributed by atoms with Crippen LogP contribution in [-0.4, -0.2) is 59.3 Å². The molecule has 3 rings (SSSR count). The van der Waals surface area contributed by atoms with Crippen LogP contribution in [0.2, 0.25) is 5.15 Å². The van der Waals surface area contributed by atoms with Gasteiger partial charge in [-0.25, -0.2) is 20.1 Å². The van der Waals surface area contributed by atoms with E-state index in [1.54, 1.807) is 23.5 Å². The molecule has 0 radical (unpaired) electrons. The molecule has 0 unspecified atom stereocenters. The van der Waals surface area contributed by atoms with E-state index < -0.39 is 5.03 Å². The van der Waals surface area contributed by atoms with Gasteiger partial charge in [0, 0.05) is 25.8 Å². The van der Waals surface area contributed by atoms with Crippen LogP contribution in [0.15, 0.2) is 58.8 Å². The maximum absolute atomic E-state index is 10.9. The van der Waals surface area contributed by atoms with E-state index in [9.17, 15) is 10.1 Å². The van der Waals surface area contributed by atoms with Crippen LogP contribution in [0.25, 0.3) is 0 Å². The van der Waals surface area contributed by atoms with Gasteiger partial charge < -0.3 is 10.2 Å². The molecule has 2 heterocycles. The SMILES string of the molecule is CNC.O=[N+]([O-])N=C1N(C=Nc2ccccc2)CCN1Cc1ccc(Cl)nc1. The van der Waals surface area contributed by atoms with Gasteiger partial charge in [-0.1, -0.05) is 35.9 Å². The third-order valence-corrected chi connectivity index (χ3v) is 3.81. The Morgan fingerprint density at radius 3 is 2.57 bits per heavy atom. The highest BCUT2D eigenvalue weighted by Gasteiger charge is 2.28. The molecule has 0 amide bonds. The first-order chi connectivity index (χ1) is 13.5. The van der Waals surface area contributed by atoms with Gasteiger partial charge >= 0.3 is 0 Å². The first kappa shape index (κ1) is 21.3. The zero-order valence-corrected chi connectivity index (χ0v) is 16.5. The number of pyridine rings is 1. The van der Waals surface area contributed by atoms with Crippen molar-refractivity contribution in [1.82, 2.24) is 20.1 Å². The standard InChI is InChI=1S/C16H15ClN6O2.C2H7N/c17-15-7-6-13(10-18-15)11-21-8-9-22(16(21)20-23(24)25)12-19-14-4-2-1-3-5-14;1-3-2/h1-7,10,12H,8-9,11H2;3H,1-2H3. The summed E-state index contributed by atoms with van der Waals surface area (Å²) in [6.07, 6.45) is 3.21. The smallest absolute Gasteiger partial charge is 0.279 e. The Balaban J connectivity index is 0.000000878. The van der Waals surface area contributed by atoms with Gasteiger partial charge in [-0.2, -0.15) is 0 Å². The normalized spacial score (nSPS) is 15.0. The minimum Gasteiger partial charge on any atom is -0.331 e. The predicted octanol–water partition coefficient (Wildman–Crippen LogP) is 2.60. The Labute approximate surface area is 168 Å². The van der Waals surface area contributed by atoms with Gasteiger partial charge in [-0.3, -0.25) is 4.90 Å². The number of rotatable bonds is 5. The number of para-hydroxylation sites is 1. The molecule has 9 nitrogen and oxygen atoms in total. The molecular weight excluding hydrogens is 382 g/mol. The maximum atomic E-state index is 10.9. The number of hydrogen-bond donors (Lipinski definition) is 1. The molecule has 0 atom stereocenters. The third-order valence-electron chi connectivity index (χ3n) is 3.59. The van der Waals surface area contributed by atoms with E-state index >= 15 is 0 Å². The fraction of sp³-hybridized carbons (Fsp3) is 0.278. The largest absolute Gasteiger partial charge is 0.331 e. The van der Waals surface area contributed by atoms with Crippen LogP contribution in [0.4, 0.5) is 5.69 Å². The number of aliphatic imine (C=N–C) groups is 1. The van der Waals surface area contributed by atoms with Gasteiger partial charge in [0.2, 0.25) is 0 Å². The second kappa shape index (κ2) is 11.0. The van der Waals surface area contributed by atoms with E-state index in [4.69, 9.17) is 11.6 Å². The Kier molecular flexibility index (Phi) is 8.32. The van der Waals surface area contributed by atoms with Crippen LogP contribution in [0.3, 0.4) is 0 Å². The van der Waals surface area contributed by atoms with E-state index in [0.29, 0.717) is 24.8 Å². The van der Waals surface area contributed by atoms with Crippen LogP contribution in [-0.2, 0) is 6.54 Å². The summed E-state index contributed by atoms with van der Waals surface area (Å²) in [6, 6.07) is 12.9. The van der Waals surface area contributed by atoms with E-state index in [0.717, 1.165) is 11.3 Å². The number of nitrogens with zero attached hydrogens (tertiary/aromatic N) is 6. The maximum Gasteiger partial charge on any atom is 0.279 e. The van der Waals surface area contributed by atoms with E-state index in [1.807, 2.05) is 55.4 Å². The van der Waals surface area contributed by atoms with Crippen molar-refractivity contribution >= 4 is 29.6 Å². The average molecular weight is 404 g/mol. The topological polar surface area (TPSA) is 99.3 Å². The summed E-state index contributed by atoms with van der Waals surface area (Å²) in [5.41, 5.74) is 1.66. The van der Waals surface area contributed by atoms with Gasteiger partial charge in [0.15, 0.2) is 5.03 Å². The zero-order chi connectivity index (χ0) is 20.4. The average Bonchev–Trinajstić information content (AvgIpc) is 3.04. The molecule has 1 aromatic heterocycles. The van der Waals surface area contributed by atoms with Gasteiger partial charge in [0.1, 0.15) is 10.3 Å². The summed E-state index contributed by atoms with van der Waals surface area (Å²) >= 11 is 5.79. The number of hydrazone groups is 1. The molecule has 28 heavy (non-hydrogen) atoms. The van der Waals surface area contributed by atoms with Gasteiger partial charge in [-0.15, -0.1) is 0 Å². The quantitative estimate of drug-likeness (QED) is 0.271. The van der Waals surface area contributed by atoms with Crippen LogP contribution >= 0.6 is 11.6 Å². The van der Waals surface area contributed by atoms with Crippen LogP contribution in [0.5, 0.6) is 0 Å². The monoisotopic (exact) mass is 403 g/mol. The number of aromatic nitrogens is 1. The summed E-state index contributed by atoms with van der Waals surface area (Å²) in [6.45, 7) is 1.60. The fourth-order valence-electron chi connectivity index (χ4n) is 2.43. The van der Waals surface area contributed by atoms with E-state index in [2.05, 4.69) is 20.4 Å². The molecule has 1 aromatic carbocycles. The van der Waals surface area contributed by atoms with Crippen LogP contribution in [0.1, 0.15) is 5.56 Å². The molecule has 0 aliphatic carbocycles. The molecule has 0 bridgehead atoms. The minimum absolute atomic E-state index is 0.250. The number of hydrogen-bond acceptors (Lipinski definition) is 5. The Morgan fingerprint density at radius 1 is 1.25 bits per heavy atom. The van der Waals surface area contributed by atoms with Crippen LogP contribution in [0, 0.1) is 10.1 Å². The lowest BCUT2D eigenvalue weighted by atomic mass is 10.3. The second-order valence-electron chi connectivity index (χ2n) is 5.82. The first-order valence-corrected chi connectivity index (χ1v) is 8.94. The molecule has 148 valence electrons. The van der Waals surface area contributed by atoms with Crippen molar-refractivity contribution in [2.45, 2.75) is 6.54 Å². The van der Waals surface area contributed by atoms with Gasteiger partial charge in [0.25, 0.3) is 5.96 Å². The number of nitro groups is 1. The predicted molar refractivity (Wildman–Crippen MR) is 110 cm³/mol. The van der Waals surface area contributed by atoms with Crippen molar-refractivity contribution in [2.24, 2.45) is 10.1 Å². The summed E-state index contributed by atoms with van der Waals surface area (Å²) in [4.78, 5) is 22.8. The Morgan fingerprint density at radius 2 is 1.96 bits per heavy atom. The summed E-state index contributed by atoms with van der Waals surface area (Å²) < 4.78 is 0. The van der Waals surface area contributed by atoms with E-state index in [-0.39, 0.29) is 5.96 Å². The molecule has 0 saturated carbocycles. The van der Waals surface area contributed by atoms with Gasteiger partial charge in [-0.05, 0) is 37.9 Å². The van der Waals surface area contributed by atoms with Crippen molar-refractivity contribution in [3.63, 3.8) is 0 Å². The summed E-state index contributed by atoms with van der Waals surface area (Å²) in [7, 11) is 3.75. The molecule has 1 saturated heterocycles. The number of guanidine groups is 1. The fourth-order valence-corrected chi connectivity index (χ4v) is 2.55. The van der Waals surface area contributed by atoms with E-state index in [1.165, 1.54) is 0 Å². The molecule has 1 aliphatic heterocycles. The molecular formula is C18H22ClN7O2. The number of halogens is 1. The summed E-state index contributed by atoms with van der Waals surface area (Å²) in [5, 5.41) is 16.9. The molecule has 10 heteroatoms.